The van der Waals surface area contributed by atoms with Crippen molar-refractivity contribution >= 4 is 8.07 Å². The molecule has 0 aliphatic heterocycles. The fourth-order valence-electron chi connectivity index (χ4n) is 4.12. The molecule has 1 aliphatic carbocycles. The number of unbranched alkanes of at least 4 members (excludes halogenated alkanes) is 8. The van der Waals surface area contributed by atoms with Crippen molar-refractivity contribution in [3.05, 3.63) is 11.3 Å². The Kier molecular flexibility index (Phi) is 9.76. The largest absolute Gasteiger partial charge is 0.386 e. The highest BCUT2D eigenvalue weighted by Gasteiger charge is 2.39. The highest BCUT2D eigenvalue weighted by atomic mass is 28.3. The first-order valence-electron chi connectivity index (χ1n) is 10.3. The lowest BCUT2D eigenvalue weighted by molar-refractivity contribution is 0.0452. The quantitative estimate of drug-likeness (QED) is 0.317. The van der Waals surface area contributed by atoms with Crippen LogP contribution < -0.4 is 0 Å². The van der Waals surface area contributed by atoms with E-state index >= 15 is 0 Å². The monoisotopic (exact) mass is 338 g/mol. The van der Waals surface area contributed by atoms with Gasteiger partial charge in [-0.2, -0.15) is 0 Å². The van der Waals surface area contributed by atoms with Crippen LogP contribution in [-0.2, 0) is 0 Å². The smallest absolute Gasteiger partial charge is 0.0822 e. The van der Waals surface area contributed by atoms with E-state index in [1.807, 2.05) is 0 Å². The van der Waals surface area contributed by atoms with Crippen LogP contribution >= 0.6 is 0 Å². The van der Waals surface area contributed by atoms with Gasteiger partial charge in [0.2, 0.25) is 0 Å². The highest BCUT2D eigenvalue weighted by Crippen LogP contribution is 2.38. The summed E-state index contributed by atoms with van der Waals surface area (Å²) < 4.78 is 0. The van der Waals surface area contributed by atoms with Gasteiger partial charge in [0.25, 0.3) is 0 Å². The van der Waals surface area contributed by atoms with Crippen LogP contribution in [0.2, 0.25) is 19.6 Å². The fraction of sp³-hybridized carbons (Fsp3) is 0.905. The Morgan fingerprint density at radius 3 is 1.91 bits per heavy atom. The Hall–Kier alpha value is -0.0831. The van der Waals surface area contributed by atoms with Crippen LogP contribution in [0.5, 0.6) is 0 Å². The zero-order valence-corrected chi connectivity index (χ0v) is 17.4. The molecule has 0 bridgehead atoms. The predicted octanol–water partition coefficient (Wildman–Crippen LogP) is 7.02. The lowest BCUT2D eigenvalue weighted by Gasteiger charge is -2.40. The minimum absolute atomic E-state index is 0.455. The molecule has 1 rings (SSSR count). The minimum atomic E-state index is -1.43. The van der Waals surface area contributed by atoms with E-state index in [1.54, 1.807) is 0 Å². The molecule has 1 saturated carbocycles. The summed E-state index contributed by atoms with van der Waals surface area (Å²) in [5.41, 5.74) is -0.455. The van der Waals surface area contributed by atoms with Gasteiger partial charge in [-0.25, -0.2) is 0 Å². The molecule has 0 saturated heterocycles. The highest BCUT2D eigenvalue weighted by molar-refractivity contribution is 6.83. The maximum absolute atomic E-state index is 11.2. The average molecular weight is 339 g/mol. The number of hydrogen-bond acceptors (Lipinski definition) is 1. The third kappa shape index (κ3) is 8.02. The first-order valence-corrected chi connectivity index (χ1v) is 13.8. The molecule has 0 aromatic heterocycles. The molecule has 0 aromatic rings. The number of hydrogen-bond donors (Lipinski definition) is 1. The van der Waals surface area contributed by atoms with Gasteiger partial charge in [-0.1, -0.05) is 102 Å². The van der Waals surface area contributed by atoms with E-state index in [4.69, 9.17) is 0 Å². The van der Waals surface area contributed by atoms with E-state index in [-0.39, 0.29) is 0 Å². The second-order valence-electron chi connectivity index (χ2n) is 8.72. The van der Waals surface area contributed by atoms with E-state index in [0.717, 1.165) is 12.8 Å². The van der Waals surface area contributed by atoms with Crippen LogP contribution in [0.15, 0.2) is 11.3 Å². The van der Waals surface area contributed by atoms with Gasteiger partial charge in [0.05, 0.1) is 13.7 Å². The third-order valence-corrected chi connectivity index (χ3v) is 7.68. The van der Waals surface area contributed by atoms with Crippen molar-refractivity contribution in [1.29, 1.82) is 0 Å². The van der Waals surface area contributed by atoms with Crippen molar-refractivity contribution in [3.8, 4) is 0 Å². The van der Waals surface area contributed by atoms with Crippen molar-refractivity contribution in [1.82, 2.24) is 0 Å². The zero-order chi connectivity index (χ0) is 17.2. The molecule has 0 heterocycles. The summed E-state index contributed by atoms with van der Waals surface area (Å²) in [6.45, 7) is 9.49. The van der Waals surface area contributed by atoms with Crippen molar-refractivity contribution in [3.63, 3.8) is 0 Å². The molecule has 136 valence electrons. The van der Waals surface area contributed by atoms with Gasteiger partial charge in [0.15, 0.2) is 0 Å². The summed E-state index contributed by atoms with van der Waals surface area (Å²) in [4.78, 5) is 0. The van der Waals surface area contributed by atoms with Crippen LogP contribution in [-0.4, -0.2) is 18.8 Å². The summed E-state index contributed by atoms with van der Waals surface area (Å²) in [7, 11) is -1.43. The number of allylic oxidation sites excluding steroid dienone is 1. The van der Waals surface area contributed by atoms with Crippen LogP contribution in [0.25, 0.3) is 0 Å². The van der Waals surface area contributed by atoms with Crippen LogP contribution in [0, 0.1) is 0 Å². The first-order chi connectivity index (χ1) is 10.9. The normalized spacial score (nSPS) is 19.1. The molecular weight excluding hydrogens is 296 g/mol. The van der Waals surface area contributed by atoms with Gasteiger partial charge in [0.1, 0.15) is 0 Å². The molecule has 23 heavy (non-hydrogen) atoms. The van der Waals surface area contributed by atoms with Gasteiger partial charge in [-0.15, -0.1) is 0 Å². The summed E-state index contributed by atoms with van der Waals surface area (Å²) in [5.74, 6) is 0. The molecule has 0 unspecified atom stereocenters. The van der Waals surface area contributed by atoms with E-state index in [0.29, 0.717) is 0 Å². The number of rotatable bonds is 11. The third-order valence-electron chi connectivity index (χ3n) is 5.40. The Balaban J connectivity index is 2.37. The van der Waals surface area contributed by atoms with Gasteiger partial charge in [0, 0.05) is 0 Å². The van der Waals surface area contributed by atoms with Crippen LogP contribution in [0.4, 0.5) is 0 Å². The fourth-order valence-corrected chi connectivity index (χ4v) is 6.53. The lowest BCUT2D eigenvalue weighted by Crippen LogP contribution is -2.44. The molecule has 0 spiro atoms. The summed E-state index contributed by atoms with van der Waals surface area (Å²) in [5, 5.41) is 12.6. The van der Waals surface area contributed by atoms with Crippen LogP contribution in [0.3, 0.4) is 0 Å². The van der Waals surface area contributed by atoms with Gasteiger partial charge < -0.3 is 5.11 Å². The molecule has 1 nitrogen and oxygen atoms in total. The number of aliphatic hydroxyl groups is 1. The molecule has 1 aliphatic rings. The standard InChI is InChI=1S/C21H42OSi/c1-5-6-7-8-9-10-11-12-14-17-20(23(2,3)4)21(22)18-15-13-16-19-21/h17,22H,5-16,18-19H2,1-4H3/b20-17-. The SMILES string of the molecule is CCCCCCCCCC/C=C(/C1(O)CCCCC1)[Si](C)(C)C. The molecule has 0 amide bonds. The van der Waals surface area contributed by atoms with Crippen molar-refractivity contribution < 1.29 is 5.11 Å². The van der Waals surface area contributed by atoms with E-state index in [9.17, 15) is 5.11 Å². The van der Waals surface area contributed by atoms with Crippen LogP contribution in [0.1, 0.15) is 96.8 Å². The lowest BCUT2D eigenvalue weighted by atomic mass is 9.84. The second-order valence-corrected chi connectivity index (χ2v) is 13.8. The summed E-state index contributed by atoms with van der Waals surface area (Å²) in [6.07, 6.45) is 20.4. The maximum Gasteiger partial charge on any atom is 0.0822 e. The Morgan fingerprint density at radius 1 is 0.870 bits per heavy atom. The van der Waals surface area contributed by atoms with Gasteiger partial charge >= 0.3 is 0 Å². The average Bonchev–Trinajstić information content (AvgIpc) is 2.48. The molecule has 0 aromatic carbocycles. The molecule has 0 radical (unpaired) electrons. The zero-order valence-electron chi connectivity index (χ0n) is 16.4. The Labute approximate surface area is 147 Å². The maximum atomic E-state index is 11.2. The molecule has 1 fully saturated rings. The molecular formula is C21H42OSi. The Morgan fingerprint density at radius 2 is 1.39 bits per heavy atom. The van der Waals surface area contributed by atoms with Crippen molar-refractivity contribution in [2.24, 2.45) is 0 Å². The molecule has 2 heteroatoms. The summed E-state index contributed by atoms with van der Waals surface area (Å²) >= 11 is 0. The van der Waals surface area contributed by atoms with E-state index < -0.39 is 13.7 Å². The van der Waals surface area contributed by atoms with E-state index in [1.165, 1.54) is 82.2 Å². The molecule has 0 atom stereocenters. The van der Waals surface area contributed by atoms with Gasteiger partial charge in [-0.3, -0.25) is 0 Å². The van der Waals surface area contributed by atoms with Gasteiger partial charge in [-0.05, 0) is 25.7 Å². The summed E-state index contributed by atoms with van der Waals surface area (Å²) in [6, 6.07) is 0. The first kappa shape index (κ1) is 21.0. The topological polar surface area (TPSA) is 20.2 Å². The van der Waals surface area contributed by atoms with Crippen molar-refractivity contribution in [2.75, 3.05) is 0 Å². The van der Waals surface area contributed by atoms with Crippen molar-refractivity contribution in [2.45, 2.75) is 122 Å². The Bertz CT molecular complexity index is 334. The van der Waals surface area contributed by atoms with E-state index in [2.05, 4.69) is 32.6 Å². The molecule has 1 N–H and O–H groups in total. The minimum Gasteiger partial charge on any atom is -0.386 e. The predicted molar refractivity (Wildman–Crippen MR) is 107 cm³/mol. The second kappa shape index (κ2) is 10.7.